The number of benzene rings is 1. The number of aromatic amines is 1. The molecular weight excluding hydrogens is 374 g/mol. The highest BCUT2D eigenvalue weighted by Crippen LogP contribution is 2.32. The summed E-state index contributed by atoms with van der Waals surface area (Å²) in [5.74, 6) is 1.46. The Morgan fingerprint density at radius 1 is 1.14 bits per heavy atom. The van der Waals surface area contributed by atoms with E-state index in [0.29, 0.717) is 30.0 Å². The number of fused-ring (bicyclic) bond motifs is 2. The van der Waals surface area contributed by atoms with Crippen molar-refractivity contribution in [2.24, 2.45) is 0 Å². The molecule has 0 aliphatic carbocycles. The minimum Gasteiger partial charge on any atom is -0.454 e. The molecule has 0 atom stereocenters. The van der Waals surface area contributed by atoms with E-state index in [-0.39, 0.29) is 18.3 Å². The SMILES string of the molecule is Cc1cc(=O)n2[nH]cc(C(=O)N3CCN(Cc4ccc5c(c4)OCO5)CC3)c2n1. The molecule has 3 aromatic rings. The highest BCUT2D eigenvalue weighted by Gasteiger charge is 2.25. The molecule has 150 valence electrons. The van der Waals surface area contributed by atoms with Crippen LogP contribution in [0.4, 0.5) is 0 Å². The van der Waals surface area contributed by atoms with Crippen molar-refractivity contribution >= 4 is 11.6 Å². The molecule has 9 heteroatoms. The van der Waals surface area contributed by atoms with E-state index in [1.807, 2.05) is 23.1 Å². The minimum absolute atomic E-state index is 0.107. The number of aryl methyl sites for hydroxylation is 1. The first-order chi connectivity index (χ1) is 14.1. The van der Waals surface area contributed by atoms with E-state index >= 15 is 0 Å². The number of H-pyrrole nitrogens is 1. The van der Waals surface area contributed by atoms with Gasteiger partial charge in [-0.15, -0.1) is 0 Å². The predicted octanol–water partition coefficient (Wildman–Crippen LogP) is 1.02. The van der Waals surface area contributed by atoms with Crippen molar-refractivity contribution in [2.45, 2.75) is 13.5 Å². The molecule has 5 rings (SSSR count). The zero-order valence-electron chi connectivity index (χ0n) is 16.1. The van der Waals surface area contributed by atoms with Gasteiger partial charge in [-0.25, -0.2) is 9.50 Å². The van der Waals surface area contributed by atoms with E-state index in [2.05, 4.69) is 15.0 Å². The standard InChI is InChI=1S/C20H21N5O4/c1-13-8-18(26)25-19(22-13)15(10-21-25)20(27)24-6-4-23(5-7-24)11-14-2-3-16-17(9-14)29-12-28-16/h2-3,8-10,21H,4-7,11-12H2,1H3. The number of amides is 1. The molecule has 1 N–H and O–H groups in total. The van der Waals surface area contributed by atoms with Crippen molar-refractivity contribution < 1.29 is 14.3 Å². The number of aromatic nitrogens is 3. The van der Waals surface area contributed by atoms with Crippen molar-refractivity contribution in [3.05, 3.63) is 57.6 Å². The normalized spacial score (nSPS) is 16.5. The molecule has 0 saturated carbocycles. The van der Waals surface area contributed by atoms with E-state index in [0.717, 1.165) is 36.7 Å². The number of hydrogen-bond donors (Lipinski definition) is 1. The maximum Gasteiger partial charge on any atom is 0.272 e. The van der Waals surface area contributed by atoms with E-state index in [1.54, 1.807) is 13.1 Å². The Kier molecular flexibility index (Phi) is 4.24. The summed E-state index contributed by atoms with van der Waals surface area (Å²) >= 11 is 0. The van der Waals surface area contributed by atoms with Crippen LogP contribution in [0.1, 0.15) is 21.6 Å². The van der Waals surface area contributed by atoms with Gasteiger partial charge in [0.2, 0.25) is 6.79 Å². The van der Waals surface area contributed by atoms with Gasteiger partial charge in [0, 0.05) is 50.7 Å². The average Bonchev–Trinajstić information content (AvgIpc) is 3.34. The molecule has 1 saturated heterocycles. The smallest absolute Gasteiger partial charge is 0.272 e. The first-order valence-corrected chi connectivity index (χ1v) is 9.56. The van der Waals surface area contributed by atoms with Gasteiger partial charge in [-0.3, -0.25) is 19.6 Å². The lowest BCUT2D eigenvalue weighted by Gasteiger charge is -2.34. The lowest BCUT2D eigenvalue weighted by Crippen LogP contribution is -2.48. The summed E-state index contributed by atoms with van der Waals surface area (Å²) in [4.78, 5) is 33.5. The molecule has 9 nitrogen and oxygen atoms in total. The van der Waals surface area contributed by atoms with E-state index < -0.39 is 0 Å². The maximum absolute atomic E-state index is 13.0. The van der Waals surface area contributed by atoms with Crippen LogP contribution in [0.25, 0.3) is 5.65 Å². The fraction of sp³-hybridized carbons (Fsp3) is 0.350. The largest absolute Gasteiger partial charge is 0.454 e. The molecule has 0 unspecified atom stereocenters. The van der Waals surface area contributed by atoms with Gasteiger partial charge >= 0.3 is 0 Å². The van der Waals surface area contributed by atoms with E-state index in [1.165, 1.54) is 10.6 Å². The fourth-order valence-electron chi connectivity index (χ4n) is 3.83. The zero-order chi connectivity index (χ0) is 20.0. The molecule has 0 radical (unpaired) electrons. The van der Waals surface area contributed by atoms with Crippen LogP contribution >= 0.6 is 0 Å². The van der Waals surface area contributed by atoms with Crippen molar-refractivity contribution in [1.82, 2.24) is 24.4 Å². The third-order valence-electron chi connectivity index (χ3n) is 5.36. The molecule has 1 amide bonds. The number of nitrogens with one attached hydrogen (secondary N) is 1. The van der Waals surface area contributed by atoms with Gasteiger partial charge < -0.3 is 14.4 Å². The molecule has 29 heavy (non-hydrogen) atoms. The van der Waals surface area contributed by atoms with Gasteiger partial charge in [-0.1, -0.05) is 6.07 Å². The van der Waals surface area contributed by atoms with Gasteiger partial charge in [0.1, 0.15) is 5.56 Å². The number of carbonyl (C=O) groups is 1. The Hall–Kier alpha value is -3.33. The molecular formula is C20H21N5O4. The van der Waals surface area contributed by atoms with Crippen LogP contribution in [0.3, 0.4) is 0 Å². The van der Waals surface area contributed by atoms with Crippen LogP contribution in [0.2, 0.25) is 0 Å². The Bertz CT molecular complexity index is 1140. The van der Waals surface area contributed by atoms with Crippen molar-refractivity contribution in [2.75, 3.05) is 33.0 Å². The molecule has 2 aromatic heterocycles. The Morgan fingerprint density at radius 2 is 1.93 bits per heavy atom. The topological polar surface area (TPSA) is 92.2 Å². The quantitative estimate of drug-likeness (QED) is 0.712. The second kappa shape index (κ2) is 6.93. The summed E-state index contributed by atoms with van der Waals surface area (Å²) in [6, 6.07) is 7.43. The third-order valence-corrected chi connectivity index (χ3v) is 5.36. The molecule has 0 spiro atoms. The summed E-state index contributed by atoms with van der Waals surface area (Å²) in [5.41, 5.74) is 2.33. The van der Waals surface area contributed by atoms with Gasteiger partial charge in [-0.05, 0) is 24.6 Å². The highest BCUT2D eigenvalue weighted by atomic mass is 16.7. The van der Waals surface area contributed by atoms with Crippen LogP contribution < -0.4 is 15.0 Å². The van der Waals surface area contributed by atoms with Crippen LogP contribution in [0.15, 0.2) is 35.3 Å². The van der Waals surface area contributed by atoms with E-state index in [4.69, 9.17) is 9.47 Å². The number of piperazine rings is 1. The lowest BCUT2D eigenvalue weighted by molar-refractivity contribution is 0.0630. The second-order valence-electron chi connectivity index (χ2n) is 7.34. The number of rotatable bonds is 3. The van der Waals surface area contributed by atoms with Crippen molar-refractivity contribution in [3.63, 3.8) is 0 Å². The number of carbonyl (C=O) groups excluding carboxylic acids is 1. The number of nitrogens with zero attached hydrogens (tertiary/aromatic N) is 4. The number of hydrogen-bond acceptors (Lipinski definition) is 6. The second-order valence-corrected chi connectivity index (χ2v) is 7.34. The van der Waals surface area contributed by atoms with Crippen molar-refractivity contribution in [3.8, 4) is 11.5 Å². The van der Waals surface area contributed by atoms with Crippen molar-refractivity contribution in [1.29, 1.82) is 0 Å². The van der Waals surface area contributed by atoms with E-state index in [9.17, 15) is 9.59 Å². The first kappa shape index (κ1) is 17.7. The van der Waals surface area contributed by atoms with Gasteiger partial charge in [-0.2, -0.15) is 0 Å². The molecule has 2 aliphatic heterocycles. The first-order valence-electron chi connectivity index (χ1n) is 9.56. The van der Waals surface area contributed by atoms with Crippen LogP contribution in [-0.2, 0) is 6.54 Å². The number of ether oxygens (including phenoxy) is 2. The molecule has 1 fully saturated rings. The summed E-state index contributed by atoms with van der Waals surface area (Å²) in [6.45, 7) is 5.60. The van der Waals surface area contributed by atoms with Crippen LogP contribution in [0.5, 0.6) is 11.5 Å². The monoisotopic (exact) mass is 395 g/mol. The highest BCUT2D eigenvalue weighted by molar-refractivity contribution is 5.99. The average molecular weight is 395 g/mol. The minimum atomic E-state index is -0.222. The maximum atomic E-state index is 13.0. The predicted molar refractivity (Wildman–Crippen MR) is 104 cm³/mol. The van der Waals surface area contributed by atoms with Gasteiger partial charge in [0.25, 0.3) is 11.5 Å². The Balaban J connectivity index is 1.26. The van der Waals surface area contributed by atoms with Crippen LogP contribution in [-0.4, -0.2) is 63.3 Å². The van der Waals surface area contributed by atoms with Crippen LogP contribution in [0, 0.1) is 6.92 Å². The van der Waals surface area contributed by atoms with Gasteiger partial charge in [0.05, 0.1) is 0 Å². The third kappa shape index (κ3) is 3.23. The van der Waals surface area contributed by atoms with Gasteiger partial charge in [0.15, 0.2) is 17.1 Å². The molecule has 2 aliphatic rings. The molecule has 0 bridgehead atoms. The fourth-order valence-corrected chi connectivity index (χ4v) is 3.83. The summed E-state index contributed by atoms with van der Waals surface area (Å²) in [6.07, 6.45) is 1.56. The zero-order valence-corrected chi connectivity index (χ0v) is 16.1. The summed E-state index contributed by atoms with van der Waals surface area (Å²) in [7, 11) is 0. The molecule has 4 heterocycles. The summed E-state index contributed by atoms with van der Waals surface area (Å²) in [5, 5.41) is 2.83. The Labute approximate surface area is 166 Å². The lowest BCUT2D eigenvalue weighted by atomic mass is 10.1. The molecule has 1 aromatic carbocycles. The summed E-state index contributed by atoms with van der Waals surface area (Å²) < 4.78 is 12.1. The Morgan fingerprint density at radius 3 is 2.76 bits per heavy atom.